The monoisotopic (exact) mass is 194 g/mol. The van der Waals surface area contributed by atoms with Crippen LogP contribution < -0.4 is 4.74 Å². The highest BCUT2D eigenvalue weighted by molar-refractivity contribution is 5.42. The Morgan fingerprint density at radius 1 is 1.29 bits per heavy atom. The minimum atomic E-state index is -0.411. The first-order valence-electron chi connectivity index (χ1n) is 4.98. The van der Waals surface area contributed by atoms with Gasteiger partial charge in [0.15, 0.2) is 0 Å². The van der Waals surface area contributed by atoms with Crippen molar-refractivity contribution in [2.75, 3.05) is 6.61 Å². The molecule has 1 N–H and O–H groups in total. The number of ether oxygens (including phenoxy) is 1. The Balaban J connectivity index is 3.11. The van der Waals surface area contributed by atoms with Crippen molar-refractivity contribution in [3.05, 3.63) is 28.8 Å². The van der Waals surface area contributed by atoms with Crippen LogP contribution in [0.3, 0.4) is 0 Å². The molecule has 1 aromatic carbocycles. The minimum Gasteiger partial charge on any atom is -0.494 e. The lowest BCUT2D eigenvalue weighted by Crippen LogP contribution is -2.00. The fraction of sp³-hybridized carbons (Fsp3) is 0.500. The van der Waals surface area contributed by atoms with Gasteiger partial charge in [-0.2, -0.15) is 0 Å². The molecule has 0 amide bonds. The normalized spacial score (nSPS) is 12.6. The van der Waals surface area contributed by atoms with E-state index in [9.17, 15) is 5.11 Å². The Kier molecular flexibility index (Phi) is 3.53. The van der Waals surface area contributed by atoms with E-state index < -0.39 is 6.10 Å². The molecule has 0 fully saturated rings. The molecule has 0 saturated heterocycles. The van der Waals surface area contributed by atoms with Crippen molar-refractivity contribution >= 4 is 0 Å². The fourth-order valence-corrected chi connectivity index (χ4v) is 1.84. The number of aliphatic hydroxyl groups is 1. The summed E-state index contributed by atoms with van der Waals surface area (Å²) in [6.45, 7) is 8.42. The summed E-state index contributed by atoms with van der Waals surface area (Å²) in [4.78, 5) is 0. The van der Waals surface area contributed by atoms with E-state index in [2.05, 4.69) is 0 Å². The van der Waals surface area contributed by atoms with E-state index in [1.54, 1.807) is 6.92 Å². The van der Waals surface area contributed by atoms with E-state index in [1.165, 1.54) is 0 Å². The summed E-state index contributed by atoms with van der Waals surface area (Å²) in [5, 5.41) is 9.57. The van der Waals surface area contributed by atoms with Crippen LogP contribution in [0.5, 0.6) is 5.75 Å². The SMILES string of the molecule is CCOc1cc(C)c([C@H](C)O)c(C)c1. The largest absolute Gasteiger partial charge is 0.494 e. The number of rotatable bonds is 3. The summed E-state index contributed by atoms with van der Waals surface area (Å²) >= 11 is 0. The summed E-state index contributed by atoms with van der Waals surface area (Å²) in [6.07, 6.45) is -0.411. The number of hydrogen-bond acceptors (Lipinski definition) is 2. The van der Waals surface area contributed by atoms with Crippen molar-refractivity contribution in [3.63, 3.8) is 0 Å². The average Bonchev–Trinajstić information content (AvgIpc) is 2.01. The highest BCUT2D eigenvalue weighted by Crippen LogP contribution is 2.26. The average molecular weight is 194 g/mol. The molecule has 0 aliphatic rings. The maximum atomic E-state index is 9.57. The summed E-state index contributed by atoms with van der Waals surface area (Å²) in [6, 6.07) is 3.94. The van der Waals surface area contributed by atoms with Gasteiger partial charge >= 0.3 is 0 Å². The lowest BCUT2D eigenvalue weighted by molar-refractivity contribution is 0.197. The highest BCUT2D eigenvalue weighted by Gasteiger charge is 2.09. The van der Waals surface area contributed by atoms with E-state index in [-0.39, 0.29) is 0 Å². The number of aliphatic hydroxyl groups excluding tert-OH is 1. The molecule has 2 heteroatoms. The molecule has 14 heavy (non-hydrogen) atoms. The molecule has 0 radical (unpaired) electrons. The number of benzene rings is 1. The summed E-state index contributed by atoms with van der Waals surface area (Å²) in [7, 11) is 0. The van der Waals surface area contributed by atoms with Gasteiger partial charge in [0.25, 0.3) is 0 Å². The van der Waals surface area contributed by atoms with Crippen LogP contribution >= 0.6 is 0 Å². The summed E-state index contributed by atoms with van der Waals surface area (Å²) < 4.78 is 5.42. The first-order chi connectivity index (χ1) is 6.56. The quantitative estimate of drug-likeness (QED) is 0.801. The van der Waals surface area contributed by atoms with Gasteiger partial charge in [0, 0.05) is 0 Å². The minimum absolute atomic E-state index is 0.411. The maximum absolute atomic E-state index is 9.57. The van der Waals surface area contributed by atoms with Crippen molar-refractivity contribution < 1.29 is 9.84 Å². The van der Waals surface area contributed by atoms with Gasteiger partial charge in [0.05, 0.1) is 12.7 Å². The predicted octanol–water partition coefficient (Wildman–Crippen LogP) is 2.76. The first kappa shape index (κ1) is 11.1. The Labute approximate surface area is 85.5 Å². The first-order valence-corrected chi connectivity index (χ1v) is 4.98. The highest BCUT2D eigenvalue weighted by atomic mass is 16.5. The lowest BCUT2D eigenvalue weighted by Gasteiger charge is -2.14. The van der Waals surface area contributed by atoms with Gasteiger partial charge in [-0.25, -0.2) is 0 Å². The van der Waals surface area contributed by atoms with Crippen molar-refractivity contribution in [1.82, 2.24) is 0 Å². The topological polar surface area (TPSA) is 29.5 Å². The van der Waals surface area contributed by atoms with Gasteiger partial charge in [0.2, 0.25) is 0 Å². The molecular weight excluding hydrogens is 176 g/mol. The van der Waals surface area contributed by atoms with Crippen LogP contribution in [-0.2, 0) is 0 Å². The van der Waals surface area contributed by atoms with Crippen LogP contribution in [0.25, 0.3) is 0 Å². The summed E-state index contributed by atoms with van der Waals surface area (Å²) in [5.41, 5.74) is 3.18. The maximum Gasteiger partial charge on any atom is 0.119 e. The van der Waals surface area contributed by atoms with Gasteiger partial charge in [-0.3, -0.25) is 0 Å². The van der Waals surface area contributed by atoms with E-state index in [4.69, 9.17) is 4.74 Å². The summed E-state index contributed by atoms with van der Waals surface area (Å²) in [5.74, 6) is 0.881. The molecule has 1 rings (SSSR count). The molecule has 0 saturated carbocycles. The smallest absolute Gasteiger partial charge is 0.119 e. The van der Waals surface area contributed by atoms with Crippen molar-refractivity contribution in [3.8, 4) is 5.75 Å². The molecule has 0 heterocycles. The molecule has 1 atom stereocenters. The van der Waals surface area contributed by atoms with Crippen LogP contribution in [0.2, 0.25) is 0 Å². The third-order valence-electron chi connectivity index (χ3n) is 2.30. The predicted molar refractivity (Wildman–Crippen MR) is 57.7 cm³/mol. The standard InChI is InChI=1S/C12H18O2/c1-5-14-11-6-8(2)12(10(4)13)9(3)7-11/h6-7,10,13H,5H2,1-4H3/t10-/m0/s1. The third kappa shape index (κ3) is 2.26. The van der Waals surface area contributed by atoms with Crippen LogP contribution in [0.15, 0.2) is 12.1 Å². The van der Waals surface area contributed by atoms with Gasteiger partial charge in [-0.1, -0.05) is 0 Å². The second-order valence-electron chi connectivity index (χ2n) is 3.58. The Hall–Kier alpha value is -1.02. The van der Waals surface area contributed by atoms with Gasteiger partial charge in [0.1, 0.15) is 5.75 Å². The zero-order chi connectivity index (χ0) is 10.7. The fourth-order valence-electron chi connectivity index (χ4n) is 1.84. The Bertz CT molecular complexity index is 293. The second-order valence-corrected chi connectivity index (χ2v) is 3.58. The number of hydrogen-bond donors (Lipinski definition) is 1. The number of aryl methyl sites for hydroxylation is 2. The third-order valence-corrected chi connectivity index (χ3v) is 2.30. The van der Waals surface area contributed by atoms with E-state index in [1.807, 2.05) is 32.9 Å². The zero-order valence-corrected chi connectivity index (χ0v) is 9.29. The molecule has 0 aliphatic carbocycles. The van der Waals surface area contributed by atoms with Gasteiger partial charge < -0.3 is 9.84 Å². The Morgan fingerprint density at radius 3 is 2.14 bits per heavy atom. The molecule has 0 spiro atoms. The van der Waals surface area contributed by atoms with Gasteiger partial charge in [-0.15, -0.1) is 0 Å². The lowest BCUT2D eigenvalue weighted by atomic mass is 9.98. The van der Waals surface area contributed by atoms with E-state index in [0.717, 1.165) is 22.4 Å². The van der Waals surface area contributed by atoms with Gasteiger partial charge in [-0.05, 0) is 56.5 Å². The Morgan fingerprint density at radius 2 is 1.79 bits per heavy atom. The molecule has 1 aromatic rings. The molecule has 0 aliphatic heterocycles. The molecular formula is C12H18O2. The zero-order valence-electron chi connectivity index (χ0n) is 9.29. The van der Waals surface area contributed by atoms with E-state index in [0.29, 0.717) is 6.61 Å². The van der Waals surface area contributed by atoms with Crippen LogP contribution in [0, 0.1) is 13.8 Å². The van der Waals surface area contributed by atoms with Crippen molar-refractivity contribution in [2.24, 2.45) is 0 Å². The van der Waals surface area contributed by atoms with Crippen LogP contribution in [0.1, 0.15) is 36.6 Å². The second kappa shape index (κ2) is 4.47. The van der Waals surface area contributed by atoms with E-state index >= 15 is 0 Å². The molecule has 2 nitrogen and oxygen atoms in total. The van der Waals surface area contributed by atoms with Crippen molar-refractivity contribution in [2.45, 2.75) is 33.8 Å². The molecule has 78 valence electrons. The van der Waals surface area contributed by atoms with Crippen LogP contribution in [0.4, 0.5) is 0 Å². The molecule has 0 aromatic heterocycles. The molecule has 0 bridgehead atoms. The molecule has 0 unspecified atom stereocenters. The van der Waals surface area contributed by atoms with Crippen molar-refractivity contribution in [1.29, 1.82) is 0 Å². The van der Waals surface area contributed by atoms with Crippen LogP contribution in [-0.4, -0.2) is 11.7 Å².